The van der Waals surface area contributed by atoms with Crippen molar-refractivity contribution < 1.29 is 0 Å². The second-order valence-electron chi connectivity index (χ2n) is 6.83. The number of pyridine rings is 1. The Kier molecular flexibility index (Phi) is 5.04. The second-order valence-corrected chi connectivity index (χ2v) is 8.63. The van der Waals surface area contributed by atoms with Gasteiger partial charge in [0.05, 0.1) is 12.2 Å². The largest absolute Gasteiger partial charge is 0.357 e. The Bertz CT molecular complexity index is 734. The molecule has 0 aromatic carbocycles. The first-order valence-corrected chi connectivity index (χ1v) is 9.58. The number of rotatable bonds is 3. The van der Waals surface area contributed by atoms with Gasteiger partial charge in [0.15, 0.2) is 5.96 Å². The van der Waals surface area contributed by atoms with Crippen LogP contribution >= 0.6 is 11.8 Å². The summed E-state index contributed by atoms with van der Waals surface area (Å²) in [5, 5.41) is 3.44. The van der Waals surface area contributed by atoms with Gasteiger partial charge in [0, 0.05) is 42.0 Å². The van der Waals surface area contributed by atoms with Crippen LogP contribution < -0.4 is 5.32 Å². The number of aromatic nitrogens is 2. The van der Waals surface area contributed by atoms with Crippen LogP contribution in [0.25, 0.3) is 5.65 Å². The molecule has 1 fully saturated rings. The van der Waals surface area contributed by atoms with Crippen molar-refractivity contribution in [2.75, 3.05) is 25.4 Å². The van der Waals surface area contributed by atoms with Crippen molar-refractivity contribution in [3.05, 3.63) is 35.8 Å². The van der Waals surface area contributed by atoms with Gasteiger partial charge in [0.1, 0.15) is 5.65 Å². The van der Waals surface area contributed by atoms with Crippen LogP contribution in [0, 0.1) is 6.92 Å². The first-order chi connectivity index (χ1) is 11.5. The van der Waals surface area contributed by atoms with Crippen molar-refractivity contribution in [2.24, 2.45) is 4.99 Å². The molecule has 1 aliphatic heterocycles. The van der Waals surface area contributed by atoms with Gasteiger partial charge < -0.3 is 14.6 Å². The number of aliphatic imine (C=N–C) groups is 1. The van der Waals surface area contributed by atoms with Crippen LogP contribution in [0.4, 0.5) is 0 Å². The molecule has 5 nitrogen and oxygen atoms in total. The van der Waals surface area contributed by atoms with E-state index in [2.05, 4.69) is 59.6 Å². The van der Waals surface area contributed by atoms with E-state index >= 15 is 0 Å². The van der Waals surface area contributed by atoms with E-state index in [0.717, 1.165) is 42.7 Å². The highest BCUT2D eigenvalue weighted by Crippen LogP contribution is 2.29. The van der Waals surface area contributed by atoms with Gasteiger partial charge in [-0.1, -0.05) is 6.07 Å². The lowest BCUT2D eigenvalue weighted by molar-refractivity contribution is 0.375. The Labute approximate surface area is 148 Å². The molecule has 130 valence electrons. The van der Waals surface area contributed by atoms with E-state index < -0.39 is 0 Å². The number of hydrogen-bond acceptors (Lipinski definition) is 3. The summed E-state index contributed by atoms with van der Waals surface area (Å²) in [5.41, 5.74) is 3.18. The molecular weight excluding hydrogens is 318 g/mol. The predicted octanol–water partition coefficient (Wildman–Crippen LogP) is 2.94. The number of guanidine groups is 1. The van der Waals surface area contributed by atoms with Gasteiger partial charge >= 0.3 is 0 Å². The van der Waals surface area contributed by atoms with Crippen LogP contribution in [0.3, 0.4) is 0 Å². The Balaban J connectivity index is 1.78. The Morgan fingerprint density at radius 1 is 1.42 bits per heavy atom. The molecule has 0 aliphatic carbocycles. The molecule has 0 radical (unpaired) electrons. The minimum absolute atomic E-state index is 0.272. The lowest BCUT2D eigenvalue weighted by atomic mass is 10.2. The average Bonchev–Trinajstić information content (AvgIpc) is 2.95. The molecule has 2 aromatic rings. The smallest absolute Gasteiger partial charge is 0.194 e. The molecule has 3 rings (SSSR count). The summed E-state index contributed by atoms with van der Waals surface area (Å²) in [4.78, 5) is 11.9. The van der Waals surface area contributed by atoms with E-state index in [1.54, 1.807) is 0 Å². The van der Waals surface area contributed by atoms with E-state index in [0.29, 0.717) is 6.54 Å². The summed E-state index contributed by atoms with van der Waals surface area (Å²) in [5.74, 6) is 2.14. The molecule has 24 heavy (non-hydrogen) atoms. The van der Waals surface area contributed by atoms with Crippen molar-refractivity contribution in [1.29, 1.82) is 0 Å². The van der Waals surface area contributed by atoms with Gasteiger partial charge in [0.25, 0.3) is 0 Å². The third kappa shape index (κ3) is 3.86. The molecule has 3 heterocycles. The standard InChI is InChI=1S/C18H27N5S/c1-5-19-17(22-9-10-24-18(3,4)13-22)20-11-15-12-23-14(2)7-6-8-16(23)21-15/h6-8,12H,5,9-11,13H2,1-4H3,(H,19,20). The summed E-state index contributed by atoms with van der Waals surface area (Å²) in [6, 6.07) is 6.18. The SMILES string of the molecule is CCNC(=NCc1cn2c(C)cccc2n1)N1CCSC(C)(C)C1. The van der Waals surface area contributed by atoms with Gasteiger partial charge in [0.2, 0.25) is 0 Å². The minimum Gasteiger partial charge on any atom is -0.357 e. The zero-order valence-corrected chi connectivity index (χ0v) is 15.9. The van der Waals surface area contributed by atoms with E-state index in [1.807, 2.05) is 23.9 Å². The molecule has 6 heteroatoms. The lowest BCUT2D eigenvalue weighted by Crippen LogP contribution is -2.50. The maximum Gasteiger partial charge on any atom is 0.194 e. The molecule has 0 bridgehead atoms. The van der Waals surface area contributed by atoms with E-state index in [4.69, 9.17) is 4.99 Å². The topological polar surface area (TPSA) is 44.9 Å². The third-order valence-electron chi connectivity index (χ3n) is 4.20. The first kappa shape index (κ1) is 17.1. The quantitative estimate of drug-likeness (QED) is 0.686. The van der Waals surface area contributed by atoms with Crippen molar-refractivity contribution in [2.45, 2.75) is 39.0 Å². The predicted molar refractivity (Wildman–Crippen MR) is 103 cm³/mol. The van der Waals surface area contributed by atoms with Crippen molar-refractivity contribution in [3.63, 3.8) is 0 Å². The van der Waals surface area contributed by atoms with Crippen LogP contribution in [0.15, 0.2) is 29.4 Å². The van der Waals surface area contributed by atoms with E-state index in [1.165, 1.54) is 5.69 Å². The highest BCUT2D eigenvalue weighted by Gasteiger charge is 2.28. The Morgan fingerprint density at radius 2 is 2.25 bits per heavy atom. The van der Waals surface area contributed by atoms with E-state index in [-0.39, 0.29) is 4.75 Å². The maximum atomic E-state index is 4.84. The minimum atomic E-state index is 0.272. The number of nitrogens with one attached hydrogen (secondary N) is 1. The summed E-state index contributed by atoms with van der Waals surface area (Å²) in [6.07, 6.45) is 2.09. The molecule has 1 N–H and O–H groups in total. The van der Waals surface area contributed by atoms with Crippen LogP contribution in [-0.2, 0) is 6.54 Å². The van der Waals surface area contributed by atoms with Crippen LogP contribution in [0.5, 0.6) is 0 Å². The number of thioether (sulfide) groups is 1. The molecule has 2 aromatic heterocycles. The van der Waals surface area contributed by atoms with Gasteiger partial charge in [-0.25, -0.2) is 9.98 Å². The molecule has 0 saturated carbocycles. The average molecular weight is 346 g/mol. The van der Waals surface area contributed by atoms with Gasteiger partial charge in [-0.2, -0.15) is 11.8 Å². The van der Waals surface area contributed by atoms with Crippen LogP contribution in [0.1, 0.15) is 32.2 Å². The van der Waals surface area contributed by atoms with Crippen molar-refractivity contribution >= 4 is 23.4 Å². The fourth-order valence-corrected chi connectivity index (χ4v) is 4.17. The second kappa shape index (κ2) is 7.05. The van der Waals surface area contributed by atoms with Crippen molar-refractivity contribution in [1.82, 2.24) is 19.6 Å². The van der Waals surface area contributed by atoms with Gasteiger partial charge in [-0.3, -0.25) is 0 Å². The molecule has 0 amide bonds. The van der Waals surface area contributed by atoms with Gasteiger partial charge in [-0.15, -0.1) is 0 Å². The van der Waals surface area contributed by atoms with Crippen molar-refractivity contribution in [3.8, 4) is 0 Å². The molecule has 0 atom stereocenters. The zero-order chi connectivity index (χ0) is 17.2. The molecule has 1 aliphatic rings. The first-order valence-electron chi connectivity index (χ1n) is 8.59. The highest BCUT2D eigenvalue weighted by atomic mass is 32.2. The van der Waals surface area contributed by atoms with E-state index in [9.17, 15) is 0 Å². The number of fused-ring (bicyclic) bond motifs is 1. The summed E-state index contributed by atoms with van der Waals surface area (Å²) in [7, 11) is 0. The fourth-order valence-electron chi connectivity index (χ4n) is 3.05. The fraction of sp³-hybridized carbons (Fsp3) is 0.556. The molecule has 1 saturated heterocycles. The van der Waals surface area contributed by atoms with Crippen LogP contribution in [0.2, 0.25) is 0 Å². The summed E-state index contributed by atoms with van der Waals surface area (Å²) < 4.78 is 2.40. The number of aryl methyl sites for hydroxylation is 1. The number of hydrogen-bond donors (Lipinski definition) is 1. The number of imidazole rings is 1. The zero-order valence-electron chi connectivity index (χ0n) is 15.0. The van der Waals surface area contributed by atoms with Gasteiger partial charge in [-0.05, 0) is 39.8 Å². The molecule has 0 unspecified atom stereocenters. The number of nitrogens with zero attached hydrogens (tertiary/aromatic N) is 4. The van der Waals surface area contributed by atoms with Crippen LogP contribution in [-0.4, -0.2) is 50.4 Å². The monoisotopic (exact) mass is 345 g/mol. The third-order valence-corrected chi connectivity index (χ3v) is 5.49. The highest BCUT2D eigenvalue weighted by molar-refractivity contribution is 8.00. The Hall–Kier alpha value is -1.69. The summed E-state index contributed by atoms with van der Waals surface area (Å²) in [6.45, 7) is 12.4. The lowest BCUT2D eigenvalue weighted by Gasteiger charge is -2.39. The summed E-state index contributed by atoms with van der Waals surface area (Å²) >= 11 is 2.04. The normalized spacial score (nSPS) is 18.2. The Morgan fingerprint density at radius 3 is 2.96 bits per heavy atom. The molecule has 0 spiro atoms. The molecular formula is C18H27N5S. The maximum absolute atomic E-state index is 4.84.